The van der Waals surface area contributed by atoms with Crippen molar-refractivity contribution in [1.29, 1.82) is 0 Å². The maximum atomic E-state index is 12.6. The fourth-order valence-electron chi connectivity index (χ4n) is 2.94. The molecule has 0 spiro atoms. The maximum Gasteiger partial charge on any atom is 0.292 e. The predicted molar refractivity (Wildman–Crippen MR) is 95.8 cm³/mol. The van der Waals surface area contributed by atoms with Gasteiger partial charge in [0.1, 0.15) is 5.75 Å². The Bertz CT molecular complexity index is 759. The van der Waals surface area contributed by atoms with Crippen molar-refractivity contribution < 1.29 is 19.6 Å². The molecule has 0 saturated carbocycles. The van der Waals surface area contributed by atoms with Gasteiger partial charge in [-0.3, -0.25) is 9.59 Å². The van der Waals surface area contributed by atoms with Gasteiger partial charge >= 0.3 is 0 Å². The monoisotopic (exact) mass is 359 g/mol. The van der Waals surface area contributed by atoms with Gasteiger partial charge in [0.2, 0.25) is 5.91 Å². The fraction of sp³-hybridized carbons (Fsp3) is 0.263. The molecule has 1 aliphatic rings. The van der Waals surface area contributed by atoms with E-state index in [4.69, 9.17) is 16.3 Å². The number of ether oxygens (including phenoxy) is 1. The van der Waals surface area contributed by atoms with Crippen LogP contribution in [0.2, 0.25) is 5.02 Å². The molecule has 25 heavy (non-hydrogen) atoms. The second kappa shape index (κ2) is 7.68. The molecule has 1 fully saturated rings. The molecule has 0 unspecified atom stereocenters. The van der Waals surface area contributed by atoms with E-state index in [2.05, 4.69) is 0 Å². The van der Waals surface area contributed by atoms with Crippen molar-refractivity contribution in [2.45, 2.75) is 18.9 Å². The molecule has 3 rings (SSSR count). The molecule has 6 heteroatoms. The Morgan fingerprint density at radius 1 is 1.12 bits per heavy atom. The van der Waals surface area contributed by atoms with Crippen LogP contribution in [0, 0.1) is 0 Å². The van der Waals surface area contributed by atoms with Crippen LogP contribution in [0.15, 0.2) is 48.5 Å². The molecule has 0 bridgehead atoms. The lowest BCUT2D eigenvalue weighted by atomic mass is 10.1. The minimum Gasteiger partial charge on any atom is -0.497 e. The molecule has 0 aromatic heterocycles. The smallest absolute Gasteiger partial charge is 0.292 e. The van der Waals surface area contributed by atoms with Crippen LogP contribution < -0.4 is 15.0 Å². The van der Waals surface area contributed by atoms with Gasteiger partial charge in [-0.05, 0) is 42.0 Å². The number of hydrogen-bond acceptors (Lipinski definition) is 3. The topological polar surface area (TPSA) is 63.2 Å². The molecular weight excluding hydrogens is 340 g/mol. The first-order valence-electron chi connectivity index (χ1n) is 8.17. The van der Waals surface area contributed by atoms with E-state index < -0.39 is 0 Å². The molecule has 2 N–H and O–H groups in total. The highest BCUT2D eigenvalue weighted by Crippen LogP contribution is 2.24. The number of nitrogens with two attached hydrogens (primary N) is 1. The SMILES string of the molecule is COc1ccc(N2C(=O)C[C@H]([NH2+]CCc3ccc(Cl)cc3)C2=O)cc1. The molecule has 0 radical (unpaired) electrons. The lowest BCUT2D eigenvalue weighted by Crippen LogP contribution is -2.92. The molecule has 5 nitrogen and oxygen atoms in total. The molecule has 1 saturated heterocycles. The standard InChI is InChI=1S/C19H19ClN2O3/c1-25-16-8-6-15(7-9-16)22-18(23)12-17(19(22)24)21-11-10-13-2-4-14(20)5-3-13/h2-9,17,21H,10-12H2,1H3/p+1/t17-/m0/s1. The molecule has 1 aliphatic heterocycles. The van der Waals surface area contributed by atoms with E-state index in [0.717, 1.165) is 18.5 Å². The first-order chi connectivity index (χ1) is 12.1. The Balaban J connectivity index is 1.59. The fourth-order valence-corrected chi connectivity index (χ4v) is 3.07. The van der Waals surface area contributed by atoms with Gasteiger partial charge in [0.15, 0.2) is 6.04 Å². The van der Waals surface area contributed by atoms with E-state index >= 15 is 0 Å². The van der Waals surface area contributed by atoms with Crippen LogP contribution in [0.5, 0.6) is 5.75 Å². The molecule has 1 atom stereocenters. The number of methoxy groups -OCH3 is 1. The van der Waals surface area contributed by atoms with Gasteiger partial charge < -0.3 is 10.1 Å². The van der Waals surface area contributed by atoms with Gasteiger partial charge in [0, 0.05) is 11.4 Å². The molecule has 0 aliphatic carbocycles. The summed E-state index contributed by atoms with van der Waals surface area (Å²) in [6.45, 7) is 0.738. The number of rotatable bonds is 6. The second-order valence-electron chi connectivity index (χ2n) is 5.98. The van der Waals surface area contributed by atoms with Crippen molar-refractivity contribution in [2.24, 2.45) is 0 Å². The van der Waals surface area contributed by atoms with Crippen molar-refractivity contribution in [3.8, 4) is 5.75 Å². The summed E-state index contributed by atoms with van der Waals surface area (Å²) in [4.78, 5) is 26.1. The highest BCUT2D eigenvalue weighted by molar-refractivity contribution is 6.30. The molecule has 2 aromatic carbocycles. The summed E-state index contributed by atoms with van der Waals surface area (Å²) in [5.74, 6) is 0.364. The molecular formula is C19H20ClN2O3+. The third kappa shape index (κ3) is 4.00. The number of anilines is 1. The minimum atomic E-state index is -0.359. The normalized spacial score (nSPS) is 17.2. The molecule has 1 heterocycles. The number of halogens is 1. The van der Waals surface area contributed by atoms with Crippen LogP contribution in [0.4, 0.5) is 5.69 Å². The van der Waals surface area contributed by atoms with Crippen molar-refractivity contribution in [2.75, 3.05) is 18.6 Å². The van der Waals surface area contributed by atoms with Crippen LogP contribution in [-0.2, 0) is 16.0 Å². The van der Waals surface area contributed by atoms with Gasteiger partial charge in [0.25, 0.3) is 5.91 Å². The van der Waals surface area contributed by atoms with E-state index in [1.165, 1.54) is 4.90 Å². The maximum absolute atomic E-state index is 12.6. The lowest BCUT2D eigenvalue weighted by molar-refractivity contribution is -0.674. The number of nitrogens with zero attached hydrogens (tertiary/aromatic N) is 1. The van der Waals surface area contributed by atoms with E-state index in [1.54, 1.807) is 31.4 Å². The van der Waals surface area contributed by atoms with Gasteiger partial charge in [-0.15, -0.1) is 0 Å². The zero-order chi connectivity index (χ0) is 17.8. The molecule has 2 aromatic rings. The average molecular weight is 360 g/mol. The van der Waals surface area contributed by atoms with Crippen molar-refractivity contribution >= 4 is 29.1 Å². The van der Waals surface area contributed by atoms with Crippen LogP contribution in [0.25, 0.3) is 0 Å². The Kier molecular flexibility index (Phi) is 5.36. The summed E-state index contributed by atoms with van der Waals surface area (Å²) in [5.41, 5.74) is 1.74. The largest absolute Gasteiger partial charge is 0.497 e. The van der Waals surface area contributed by atoms with E-state index in [0.29, 0.717) is 16.5 Å². The number of carbonyl (C=O) groups is 2. The highest BCUT2D eigenvalue weighted by atomic mass is 35.5. The zero-order valence-corrected chi connectivity index (χ0v) is 14.7. The predicted octanol–water partition coefficient (Wildman–Crippen LogP) is 1.79. The quantitative estimate of drug-likeness (QED) is 0.800. The van der Waals surface area contributed by atoms with Crippen LogP contribution >= 0.6 is 11.6 Å². The Morgan fingerprint density at radius 2 is 1.80 bits per heavy atom. The van der Waals surface area contributed by atoms with E-state index in [-0.39, 0.29) is 24.3 Å². The number of benzene rings is 2. The minimum absolute atomic E-state index is 0.161. The number of amides is 2. The summed E-state index contributed by atoms with van der Waals surface area (Å²) >= 11 is 5.87. The second-order valence-corrected chi connectivity index (χ2v) is 6.41. The third-order valence-corrected chi connectivity index (χ3v) is 4.56. The average Bonchev–Trinajstić information content (AvgIpc) is 2.90. The number of carbonyl (C=O) groups excluding carboxylic acids is 2. The first kappa shape index (κ1) is 17.5. The van der Waals surface area contributed by atoms with E-state index in [9.17, 15) is 9.59 Å². The van der Waals surface area contributed by atoms with E-state index in [1.807, 2.05) is 29.6 Å². The first-order valence-corrected chi connectivity index (χ1v) is 8.55. The summed E-state index contributed by atoms with van der Waals surface area (Å²) < 4.78 is 5.11. The van der Waals surface area contributed by atoms with Crippen LogP contribution in [0.1, 0.15) is 12.0 Å². The van der Waals surface area contributed by atoms with Crippen molar-refractivity contribution in [3.05, 3.63) is 59.1 Å². The van der Waals surface area contributed by atoms with Gasteiger partial charge in [-0.2, -0.15) is 0 Å². The summed E-state index contributed by atoms with van der Waals surface area (Å²) in [5, 5.41) is 2.65. The molecule has 2 amide bonds. The van der Waals surface area contributed by atoms with Crippen LogP contribution in [-0.4, -0.2) is 31.5 Å². The Hall–Kier alpha value is -2.37. The highest BCUT2D eigenvalue weighted by Gasteiger charge is 2.42. The Labute approximate surface area is 151 Å². The van der Waals surface area contributed by atoms with Crippen LogP contribution in [0.3, 0.4) is 0 Å². The number of quaternary nitrogens is 1. The third-order valence-electron chi connectivity index (χ3n) is 4.31. The van der Waals surface area contributed by atoms with Gasteiger partial charge in [0.05, 0.1) is 25.8 Å². The Morgan fingerprint density at radius 3 is 2.44 bits per heavy atom. The summed E-state index contributed by atoms with van der Waals surface area (Å²) in [6.07, 6.45) is 1.04. The summed E-state index contributed by atoms with van der Waals surface area (Å²) in [7, 11) is 1.58. The van der Waals surface area contributed by atoms with Crippen molar-refractivity contribution in [1.82, 2.24) is 0 Å². The molecule has 130 valence electrons. The zero-order valence-electron chi connectivity index (χ0n) is 13.9. The van der Waals surface area contributed by atoms with Crippen molar-refractivity contribution in [3.63, 3.8) is 0 Å². The number of hydrogen-bond donors (Lipinski definition) is 1. The van der Waals surface area contributed by atoms with Gasteiger partial charge in [-0.25, -0.2) is 4.90 Å². The number of imide groups is 1. The summed E-state index contributed by atoms with van der Waals surface area (Å²) in [6, 6.07) is 14.2. The lowest BCUT2D eigenvalue weighted by Gasteiger charge is -2.14. The van der Waals surface area contributed by atoms with Gasteiger partial charge in [-0.1, -0.05) is 23.7 Å².